The van der Waals surface area contributed by atoms with E-state index < -0.39 is 12.2 Å². The fraction of sp³-hybridized carbons (Fsp3) is 0.300. The lowest BCUT2D eigenvalue weighted by Crippen LogP contribution is -2.21. The molecule has 0 saturated carbocycles. The maximum Gasteiger partial charge on any atom is 0.105 e. The first-order valence-corrected chi connectivity index (χ1v) is 5.02. The lowest BCUT2D eigenvalue weighted by Gasteiger charge is -2.16. The van der Waals surface area contributed by atoms with Crippen molar-refractivity contribution in [2.45, 2.75) is 12.2 Å². The number of fused-ring (bicyclic) bond motifs is 1. The van der Waals surface area contributed by atoms with E-state index >= 15 is 0 Å². The average molecular weight is 233 g/mol. The van der Waals surface area contributed by atoms with Crippen LogP contribution in [0.5, 0.6) is 0 Å². The van der Waals surface area contributed by atoms with Gasteiger partial charge >= 0.3 is 0 Å². The van der Waals surface area contributed by atoms with Gasteiger partial charge in [-0.05, 0) is 17.2 Å². The lowest BCUT2D eigenvalue weighted by molar-refractivity contribution is 0.0245. The highest BCUT2D eigenvalue weighted by Crippen LogP contribution is 2.21. The SMILES string of the molecule is [N-]=[N+]=NCC(O)C(O)c1ccc2cn[nH]c2c1. The van der Waals surface area contributed by atoms with Gasteiger partial charge in [-0.1, -0.05) is 17.2 Å². The van der Waals surface area contributed by atoms with Crippen LogP contribution in [0.15, 0.2) is 29.5 Å². The molecule has 1 heterocycles. The minimum Gasteiger partial charge on any atom is -0.390 e. The lowest BCUT2D eigenvalue weighted by atomic mass is 10.0. The van der Waals surface area contributed by atoms with Crippen molar-refractivity contribution in [3.8, 4) is 0 Å². The Bertz CT molecular complexity index is 561. The number of benzene rings is 1. The molecule has 2 aromatic rings. The van der Waals surface area contributed by atoms with E-state index in [1.165, 1.54) is 0 Å². The molecule has 0 radical (unpaired) electrons. The normalized spacial score (nSPS) is 14.2. The second-order valence-corrected chi connectivity index (χ2v) is 3.64. The monoisotopic (exact) mass is 233 g/mol. The van der Waals surface area contributed by atoms with Gasteiger partial charge in [0, 0.05) is 10.3 Å². The van der Waals surface area contributed by atoms with Crippen LogP contribution in [0.1, 0.15) is 11.7 Å². The van der Waals surface area contributed by atoms with E-state index in [1.807, 2.05) is 0 Å². The van der Waals surface area contributed by atoms with Crippen LogP contribution in [0, 0.1) is 0 Å². The van der Waals surface area contributed by atoms with Gasteiger partial charge in [-0.2, -0.15) is 5.10 Å². The molecule has 1 aromatic heterocycles. The second-order valence-electron chi connectivity index (χ2n) is 3.64. The number of nitrogens with zero attached hydrogens (tertiary/aromatic N) is 4. The zero-order chi connectivity index (χ0) is 12.3. The Morgan fingerprint density at radius 2 is 2.29 bits per heavy atom. The summed E-state index contributed by atoms with van der Waals surface area (Å²) in [7, 11) is 0. The number of aliphatic hydroxyl groups excluding tert-OH is 2. The minimum atomic E-state index is -1.12. The predicted molar refractivity (Wildman–Crippen MR) is 61.1 cm³/mol. The maximum atomic E-state index is 9.85. The minimum absolute atomic E-state index is 0.168. The van der Waals surface area contributed by atoms with E-state index in [0.717, 1.165) is 10.9 Å². The van der Waals surface area contributed by atoms with Gasteiger partial charge in [0.2, 0.25) is 0 Å². The standard InChI is InChI=1S/C10H11N5O2/c11-15-13-5-9(16)10(17)6-1-2-7-4-12-14-8(7)3-6/h1-4,9-10,16-17H,5H2,(H,12,14). The van der Waals surface area contributed by atoms with Gasteiger partial charge in [-0.3, -0.25) is 5.10 Å². The molecule has 1 aromatic carbocycles. The zero-order valence-electron chi connectivity index (χ0n) is 8.85. The van der Waals surface area contributed by atoms with Crippen LogP contribution < -0.4 is 0 Å². The first-order chi connectivity index (χ1) is 8.22. The van der Waals surface area contributed by atoms with Gasteiger partial charge < -0.3 is 10.2 Å². The van der Waals surface area contributed by atoms with Crippen LogP contribution in [-0.4, -0.2) is 33.1 Å². The summed E-state index contributed by atoms with van der Waals surface area (Å²) in [5.74, 6) is 0. The Hall–Kier alpha value is -2.08. The highest BCUT2D eigenvalue weighted by atomic mass is 16.3. The van der Waals surface area contributed by atoms with Crippen molar-refractivity contribution < 1.29 is 10.2 Å². The van der Waals surface area contributed by atoms with Crippen LogP contribution in [0.3, 0.4) is 0 Å². The van der Waals surface area contributed by atoms with Crippen molar-refractivity contribution in [2.24, 2.45) is 5.11 Å². The number of aromatic amines is 1. The average Bonchev–Trinajstić information content (AvgIpc) is 2.81. The summed E-state index contributed by atoms with van der Waals surface area (Å²) in [6.45, 7) is -0.168. The molecular formula is C10H11N5O2. The van der Waals surface area contributed by atoms with E-state index in [1.54, 1.807) is 24.4 Å². The number of H-pyrrole nitrogens is 1. The number of azide groups is 1. The van der Waals surface area contributed by atoms with Crippen molar-refractivity contribution in [1.82, 2.24) is 10.2 Å². The van der Waals surface area contributed by atoms with Crippen molar-refractivity contribution >= 4 is 10.9 Å². The van der Waals surface area contributed by atoms with E-state index in [9.17, 15) is 10.2 Å². The number of nitrogens with one attached hydrogen (secondary N) is 1. The molecule has 0 saturated heterocycles. The summed E-state index contributed by atoms with van der Waals surface area (Å²) in [5.41, 5.74) is 9.45. The maximum absolute atomic E-state index is 9.85. The summed E-state index contributed by atoms with van der Waals surface area (Å²) < 4.78 is 0. The summed E-state index contributed by atoms with van der Waals surface area (Å²) >= 11 is 0. The molecule has 17 heavy (non-hydrogen) atoms. The quantitative estimate of drug-likeness (QED) is 0.419. The number of hydrogen-bond donors (Lipinski definition) is 3. The molecule has 7 nitrogen and oxygen atoms in total. The molecule has 0 amide bonds. The molecule has 0 aliphatic rings. The summed E-state index contributed by atoms with van der Waals surface area (Å²) in [4.78, 5) is 2.53. The van der Waals surface area contributed by atoms with Crippen LogP contribution in [-0.2, 0) is 0 Å². The molecular weight excluding hydrogens is 222 g/mol. The van der Waals surface area contributed by atoms with E-state index in [2.05, 4.69) is 20.2 Å². The molecule has 88 valence electrons. The van der Waals surface area contributed by atoms with Crippen molar-refractivity contribution in [3.05, 3.63) is 40.4 Å². The Morgan fingerprint density at radius 1 is 1.47 bits per heavy atom. The Kier molecular flexibility index (Phi) is 3.24. The fourth-order valence-corrected chi connectivity index (χ4v) is 1.58. The van der Waals surface area contributed by atoms with E-state index in [4.69, 9.17) is 5.53 Å². The summed E-state index contributed by atoms with van der Waals surface area (Å²) in [6.07, 6.45) is -0.540. The molecule has 3 N–H and O–H groups in total. The first kappa shape index (κ1) is 11.4. The largest absolute Gasteiger partial charge is 0.390 e. The highest BCUT2D eigenvalue weighted by molar-refractivity contribution is 5.78. The topological polar surface area (TPSA) is 118 Å². The fourth-order valence-electron chi connectivity index (χ4n) is 1.58. The smallest absolute Gasteiger partial charge is 0.105 e. The predicted octanol–water partition coefficient (Wildman–Crippen LogP) is 1.27. The second kappa shape index (κ2) is 4.84. The Morgan fingerprint density at radius 3 is 3.06 bits per heavy atom. The van der Waals surface area contributed by atoms with Gasteiger partial charge in [0.05, 0.1) is 24.4 Å². The van der Waals surface area contributed by atoms with Crippen molar-refractivity contribution in [2.75, 3.05) is 6.54 Å². The molecule has 2 rings (SSSR count). The van der Waals surface area contributed by atoms with E-state index in [-0.39, 0.29) is 6.54 Å². The number of rotatable bonds is 4. The molecule has 0 aliphatic carbocycles. The third-order valence-corrected chi connectivity index (χ3v) is 2.50. The number of aromatic nitrogens is 2. The van der Waals surface area contributed by atoms with E-state index in [0.29, 0.717) is 5.56 Å². The third-order valence-electron chi connectivity index (χ3n) is 2.50. The van der Waals surface area contributed by atoms with Gasteiger partial charge in [0.25, 0.3) is 0 Å². The first-order valence-electron chi connectivity index (χ1n) is 5.02. The van der Waals surface area contributed by atoms with Crippen LogP contribution >= 0.6 is 0 Å². The van der Waals surface area contributed by atoms with Crippen LogP contribution in [0.4, 0.5) is 0 Å². The van der Waals surface area contributed by atoms with Gasteiger partial charge in [0.15, 0.2) is 0 Å². The highest BCUT2D eigenvalue weighted by Gasteiger charge is 2.17. The molecule has 0 aliphatic heterocycles. The molecule has 2 unspecified atom stereocenters. The Balaban J connectivity index is 2.22. The summed E-state index contributed by atoms with van der Waals surface area (Å²) in [6, 6.07) is 5.19. The molecule has 0 fully saturated rings. The number of aliphatic hydroxyl groups is 2. The van der Waals surface area contributed by atoms with Gasteiger partial charge in [-0.25, -0.2) is 0 Å². The zero-order valence-corrected chi connectivity index (χ0v) is 8.85. The summed E-state index contributed by atoms with van der Waals surface area (Å²) in [5, 5.41) is 30.2. The van der Waals surface area contributed by atoms with Crippen LogP contribution in [0.25, 0.3) is 21.3 Å². The van der Waals surface area contributed by atoms with Crippen LogP contribution in [0.2, 0.25) is 0 Å². The number of hydrogen-bond acceptors (Lipinski definition) is 4. The third kappa shape index (κ3) is 2.36. The van der Waals surface area contributed by atoms with Gasteiger partial charge in [0.1, 0.15) is 6.10 Å². The van der Waals surface area contributed by atoms with Gasteiger partial charge in [-0.15, -0.1) is 0 Å². The molecule has 0 bridgehead atoms. The molecule has 0 spiro atoms. The molecule has 7 heteroatoms. The molecule has 2 atom stereocenters. The van der Waals surface area contributed by atoms with Crippen molar-refractivity contribution in [3.63, 3.8) is 0 Å². The Labute approximate surface area is 96.3 Å². The van der Waals surface area contributed by atoms with Crippen molar-refractivity contribution in [1.29, 1.82) is 0 Å².